The van der Waals surface area contributed by atoms with Crippen LogP contribution in [0.4, 0.5) is 0 Å². The monoisotopic (exact) mass is 260 g/mol. The second-order valence-corrected chi connectivity index (χ2v) is 6.02. The van der Waals surface area contributed by atoms with Crippen molar-refractivity contribution in [1.82, 2.24) is 4.90 Å². The number of nitrogens with zero attached hydrogens (tertiary/aromatic N) is 1. The zero-order valence-corrected chi connectivity index (χ0v) is 11.8. The zero-order chi connectivity index (χ0) is 13.3. The number of hydrogen-bond acceptors (Lipinski definition) is 3. The minimum Gasteiger partial charge on any atom is -0.496 e. The van der Waals surface area contributed by atoms with Gasteiger partial charge in [-0.1, -0.05) is 12.5 Å². The van der Waals surface area contributed by atoms with Crippen LogP contribution in [0.5, 0.6) is 5.75 Å². The lowest BCUT2D eigenvalue weighted by Gasteiger charge is -2.27. The quantitative estimate of drug-likeness (QED) is 0.904. The molecule has 0 radical (unpaired) electrons. The van der Waals surface area contributed by atoms with Gasteiger partial charge in [0.15, 0.2) is 0 Å². The Morgan fingerprint density at radius 2 is 1.95 bits per heavy atom. The van der Waals surface area contributed by atoms with Crippen LogP contribution in [0, 0.1) is 0 Å². The van der Waals surface area contributed by atoms with Crippen molar-refractivity contribution in [3.63, 3.8) is 0 Å². The maximum Gasteiger partial charge on any atom is 0.123 e. The Morgan fingerprint density at radius 1 is 1.21 bits per heavy atom. The molecule has 19 heavy (non-hydrogen) atoms. The Morgan fingerprint density at radius 3 is 2.58 bits per heavy atom. The van der Waals surface area contributed by atoms with Crippen molar-refractivity contribution in [3.8, 4) is 5.75 Å². The number of methoxy groups -OCH3 is 1. The molecule has 1 aromatic carbocycles. The summed E-state index contributed by atoms with van der Waals surface area (Å²) < 4.78 is 5.51. The predicted molar refractivity (Wildman–Crippen MR) is 77.2 cm³/mol. The van der Waals surface area contributed by atoms with E-state index in [0.29, 0.717) is 0 Å². The third-order valence-corrected chi connectivity index (χ3v) is 4.49. The predicted octanol–water partition coefficient (Wildman–Crippen LogP) is 2.63. The fraction of sp³-hybridized carbons (Fsp3) is 0.625. The Balaban J connectivity index is 1.80. The van der Waals surface area contributed by atoms with Gasteiger partial charge in [-0.05, 0) is 56.5 Å². The van der Waals surface area contributed by atoms with E-state index in [1.165, 1.54) is 43.5 Å². The van der Waals surface area contributed by atoms with Crippen LogP contribution in [0.3, 0.4) is 0 Å². The van der Waals surface area contributed by atoms with Gasteiger partial charge in [-0.25, -0.2) is 0 Å². The standard InChI is InChI=1S/C16H24N2O/c1-19-15-6-5-14(16(17)7-8-16)11-13(15)12-18-9-3-2-4-10-18/h5-6,11H,2-4,7-10,12,17H2,1H3. The normalized spacial score (nSPS) is 22.2. The average Bonchev–Trinajstić information content (AvgIpc) is 3.19. The van der Waals surface area contributed by atoms with Crippen molar-refractivity contribution in [2.75, 3.05) is 20.2 Å². The van der Waals surface area contributed by atoms with Gasteiger partial charge in [0.05, 0.1) is 7.11 Å². The van der Waals surface area contributed by atoms with Crippen molar-refractivity contribution in [2.24, 2.45) is 5.73 Å². The summed E-state index contributed by atoms with van der Waals surface area (Å²) in [7, 11) is 1.75. The molecule has 1 aliphatic carbocycles. The lowest BCUT2D eigenvalue weighted by molar-refractivity contribution is 0.218. The van der Waals surface area contributed by atoms with Crippen LogP contribution in [-0.4, -0.2) is 25.1 Å². The van der Waals surface area contributed by atoms with Gasteiger partial charge in [0.2, 0.25) is 0 Å². The van der Waals surface area contributed by atoms with Gasteiger partial charge in [0, 0.05) is 17.6 Å². The minimum absolute atomic E-state index is 0.0527. The second kappa shape index (κ2) is 5.14. The zero-order valence-electron chi connectivity index (χ0n) is 11.8. The number of piperidine rings is 1. The highest BCUT2D eigenvalue weighted by atomic mass is 16.5. The SMILES string of the molecule is COc1ccc(C2(N)CC2)cc1CN1CCCCC1. The number of likely N-dealkylation sites (tertiary alicyclic amines) is 1. The maximum atomic E-state index is 6.31. The van der Waals surface area contributed by atoms with Gasteiger partial charge >= 0.3 is 0 Å². The van der Waals surface area contributed by atoms with Gasteiger partial charge in [-0.3, -0.25) is 4.90 Å². The number of nitrogens with two attached hydrogens (primary N) is 1. The molecule has 2 fully saturated rings. The molecule has 2 aliphatic rings. The van der Waals surface area contributed by atoms with Crippen LogP contribution in [0.2, 0.25) is 0 Å². The van der Waals surface area contributed by atoms with Crippen molar-refractivity contribution in [2.45, 2.75) is 44.2 Å². The van der Waals surface area contributed by atoms with E-state index in [-0.39, 0.29) is 5.54 Å². The summed E-state index contributed by atoms with van der Waals surface area (Å²) in [4.78, 5) is 2.53. The topological polar surface area (TPSA) is 38.5 Å². The molecule has 0 spiro atoms. The number of rotatable bonds is 4. The van der Waals surface area contributed by atoms with E-state index in [2.05, 4.69) is 23.1 Å². The van der Waals surface area contributed by atoms with Crippen LogP contribution >= 0.6 is 0 Å². The molecule has 1 heterocycles. The number of benzene rings is 1. The van der Waals surface area contributed by atoms with Crippen molar-refractivity contribution in [1.29, 1.82) is 0 Å². The molecule has 3 heteroatoms. The maximum absolute atomic E-state index is 6.31. The summed E-state index contributed by atoms with van der Waals surface area (Å²) in [5.41, 5.74) is 8.82. The first kappa shape index (κ1) is 12.9. The van der Waals surface area contributed by atoms with E-state index in [1.807, 2.05) is 0 Å². The van der Waals surface area contributed by atoms with Gasteiger partial charge in [0.25, 0.3) is 0 Å². The third kappa shape index (κ3) is 2.77. The smallest absolute Gasteiger partial charge is 0.123 e. The molecule has 0 amide bonds. The molecule has 0 bridgehead atoms. The van der Waals surface area contributed by atoms with Crippen LogP contribution in [0.15, 0.2) is 18.2 Å². The highest BCUT2D eigenvalue weighted by Crippen LogP contribution is 2.43. The van der Waals surface area contributed by atoms with Crippen molar-refractivity contribution >= 4 is 0 Å². The number of hydrogen-bond donors (Lipinski definition) is 1. The van der Waals surface area contributed by atoms with Crippen LogP contribution in [0.25, 0.3) is 0 Å². The summed E-state index contributed by atoms with van der Waals surface area (Å²) in [5.74, 6) is 0.999. The lowest BCUT2D eigenvalue weighted by atomic mass is 10.0. The third-order valence-electron chi connectivity index (χ3n) is 4.49. The second-order valence-electron chi connectivity index (χ2n) is 6.02. The molecule has 0 aromatic heterocycles. The van der Waals surface area contributed by atoms with Crippen LogP contribution < -0.4 is 10.5 Å². The molecular weight excluding hydrogens is 236 g/mol. The summed E-state index contributed by atoms with van der Waals surface area (Å²) in [6.07, 6.45) is 6.25. The van der Waals surface area contributed by atoms with E-state index in [0.717, 1.165) is 25.1 Å². The van der Waals surface area contributed by atoms with Gasteiger partial charge in [-0.15, -0.1) is 0 Å². The first-order chi connectivity index (χ1) is 9.21. The highest BCUT2D eigenvalue weighted by Gasteiger charge is 2.40. The molecular formula is C16H24N2O. The summed E-state index contributed by atoms with van der Waals surface area (Å²) in [6.45, 7) is 3.41. The fourth-order valence-corrected chi connectivity index (χ4v) is 2.99. The Bertz CT molecular complexity index is 448. The fourth-order valence-electron chi connectivity index (χ4n) is 2.99. The van der Waals surface area contributed by atoms with Crippen molar-refractivity contribution < 1.29 is 4.74 Å². The largest absolute Gasteiger partial charge is 0.496 e. The molecule has 1 saturated carbocycles. The van der Waals surface area contributed by atoms with E-state index >= 15 is 0 Å². The molecule has 1 aromatic rings. The van der Waals surface area contributed by atoms with Crippen LogP contribution in [-0.2, 0) is 12.1 Å². The van der Waals surface area contributed by atoms with Crippen LogP contribution in [0.1, 0.15) is 43.2 Å². The van der Waals surface area contributed by atoms with Crippen molar-refractivity contribution in [3.05, 3.63) is 29.3 Å². The summed E-state index contributed by atoms with van der Waals surface area (Å²) in [6, 6.07) is 6.48. The van der Waals surface area contributed by atoms with Gasteiger partial charge in [-0.2, -0.15) is 0 Å². The minimum atomic E-state index is -0.0527. The number of ether oxygens (including phenoxy) is 1. The molecule has 2 N–H and O–H groups in total. The van der Waals surface area contributed by atoms with E-state index in [9.17, 15) is 0 Å². The average molecular weight is 260 g/mol. The van der Waals surface area contributed by atoms with Gasteiger partial charge in [0.1, 0.15) is 5.75 Å². The summed E-state index contributed by atoms with van der Waals surface area (Å²) in [5, 5.41) is 0. The molecule has 0 unspecified atom stereocenters. The van der Waals surface area contributed by atoms with E-state index in [4.69, 9.17) is 10.5 Å². The molecule has 1 saturated heterocycles. The molecule has 1 aliphatic heterocycles. The Kier molecular flexibility index (Phi) is 3.50. The van der Waals surface area contributed by atoms with Gasteiger partial charge < -0.3 is 10.5 Å². The van der Waals surface area contributed by atoms with E-state index in [1.54, 1.807) is 7.11 Å². The Hall–Kier alpha value is -1.06. The van der Waals surface area contributed by atoms with E-state index < -0.39 is 0 Å². The lowest BCUT2D eigenvalue weighted by Crippen LogP contribution is -2.29. The first-order valence-electron chi connectivity index (χ1n) is 7.40. The molecule has 0 atom stereocenters. The molecule has 3 nitrogen and oxygen atoms in total. The molecule has 3 rings (SSSR count). The summed E-state index contributed by atoms with van der Waals surface area (Å²) >= 11 is 0. The first-order valence-corrected chi connectivity index (χ1v) is 7.40. The highest BCUT2D eigenvalue weighted by molar-refractivity contribution is 5.41. The molecule has 104 valence electrons. The Labute approximate surface area is 115 Å².